The summed E-state index contributed by atoms with van der Waals surface area (Å²) >= 11 is 0. The fourth-order valence-corrected chi connectivity index (χ4v) is 1.70. The van der Waals surface area contributed by atoms with Crippen molar-refractivity contribution in [1.82, 2.24) is 0 Å². The summed E-state index contributed by atoms with van der Waals surface area (Å²) in [6.07, 6.45) is 1.93. The average Bonchev–Trinajstić information content (AvgIpc) is 3.09. The Hall–Kier alpha value is -1.75. The molecule has 0 heterocycles. The van der Waals surface area contributed by atoms with E-state index in [9.17, 15) is 0 Å². The summed E-state index contributed by atoms with van der Waals surface area (Å²) in [6, 6.07) is 10.3. The van der Waals surface area contributed by atoms with Crippen LogP contribution in [0.4, 0.5) is 0 Å². The van der Waals surface area contributed by atoms with Crippen LogP contribution in [-0.4, -0.2) is 7.11 Å². The lowest BCUT2D eigenvalue weighted by molar-refractivity contribution is 0.371. The van der Waals surface area contributed by atoms with Gasteiger partial charge >= 0.3 is 0 Å². The Kier molecular flexibility index (Phi) is 2.24. The second-order valence-corrected chi connectivity index (χ2v) is 3.90. The van der Waals surface area contributed by atoms with Crippen LogP contribution in [0.2, 0.25) is 0 Å². The Morgan fingerprint density at radius 3 is 2.80 bits per heavy atom. The van der Waals surface area contributed by atoms with E-state index in [4.69, 9.17) is 10.00 Å². The monoisotopic (exact) mass is 199 g/mol. The zero-order chi connectivity index (χ0) is 10.9. The standard InChI is InChI=1S/C13H13NO/c1-10(15-2)11-4-3-5-12(8-11)13(9-14)6-7-13/h3-5,8H,1,6-7H2,2H3. The molecule has 0 amide bonds. The topological polar surface area (TPSA) is 33.0 Å². The van der Waals surface area contributed by atoms with Gasteiger partial charge in [0, 0.05) is 5.56 Å². The molecule has 0 aliphatic heterocycles. The molecule has 1 fully saturated rings. The van der Waals surface area contributed by atoms with Gasteiger partial charge in [0.05, 0.1) is 18.6 Å². The summed E-state index contributed by atoms with van der Waals surface area (Å²) in [4.78, 5) is 0. The normalized spacial score (nSPS) is 16.5. The van der Waals surface area contributed by atoms with Gasteiger partial charge in [0.15, 0.2) is 0 Å². The van der Waals surface area contributed by atoms with Gasteiger partial charge in [0.2, 0.25) is 0 Å². The molecule has 1 aromatic carbocycles. The van der Waals surface area contributed by atoms with E-state index in [2.05, 4.69) is 12.6 Å². The number of benzene rings is 1. The molecule has 0 spiro atoms. The van der Waals surface area contributed by atoms with Crippen molar-refractivity contribution in [1.29, 1.82) is 5.26 Å². The Morgan fingerprint density at radius 2 is 2.27 bits per heavy atom. The first kappa shape index (κ1) is 9.79. The van der Waals surface area contributed by atoms with E-state index in [1.807, 2.05) is 24.3 Å². The zero-order valence-corrected chi connectivity index (χ0v) is 8.79. The minimum absolute atomic E-state index is 0.232. The molecule has 1 aromatic rings. The minimum atomic E-state index is -0.232. The molecule has 2 nitrogen and oxygen atoms in total. The summed E-state index contributed by atoms with van der Waals surface area (Å²) in [5, 5.41) is 9.09. The van der Waals surface area contributed by atoms with Crippen molar-refractivity contribution in [3.8, 4) is 6.07 Å². The van der Waals surface area contributed by atoms with Gasteiger partial charge in [-0.05, 0) is 24.5 Å². The first-order valence-corrected chi connectivity index (χ1v) is 4.97. The third-order valence-corrected chi connectivity index (χ3v) is 2.95. The molecule has 0 bridgehead atoms. The van der Waals surface area contributed by atoms with E-state index in [-0.39, 0.29) is 5.41 Å². The summed E-state index contributed by atoms with van der Waals surface area (Å²) < 4.78 is 5.08. The van der Waals surface area contributed by atoms with Crippen molar-refractivity contribution >= 4 is 5.76 Å². The largest absolute Gasteiger partial charge is 0.497 e. The second-order valence-electron chi connectivity index (χ2n) is 3.90. The molecule has 0 N–H and O–H groups in total. The van der Waals surface area contributed by atoms with E-state index >= 15 is 0 Å². The summed E-state index contributed by atoms with van der Waals surface area (Å²) in [5.41, 5.74) is 1.81. The molecule has 2 rings (SSSR count). The van der Waals surface area contributed by atoms with Crippen LogP contribution < -0.4 is 0 Å². The molecular weight excluding hydrogens is 186 g/mol. The Balaban J connectivity index is 2.36. The number of methoxy groups -OCH3 is 1. The average molecular weight is 199 g/mol. The van der Waals surface area contributed by atoms with Crippen molar-refractivity contribution in [2.45, 2.75) is 18.3 Å². The van der Waals surface area contributed by atoms with Gasteiger partial charge in [-0.15, -0.1) is 0 Å². The molecule has 2 heteroatoms. The lowest BCUT2D eigenvalue weighted by Crippen LogP contribution is -2.02. The van der Waals surface area contributed by atoms with E-state index in [0.717, 1.165) is 24.0 Å². The van der Waals surface area contributed by atoms with Crippen LogP contribution in [0.5, 0.6) is 0 Å². The van der Waals surface area contributed by atoms with Gasteiger partial charge < -0.3 is 4.74 Å². The Bertz CT molecular complexity index is 438. The molecule has 0 saturated heterocycles. The predicted octanol–water partition coefficient (Wildman–Crippen LogP) is 2.86. The molecule has 15 heavy (non-hydrogen) atoms. The maximum Gasteiger partial charge on any atom is 0.118 e. The molecule has 0 atom stereocenters. The molecule has 1 aliphatic rings. The van der Waals surface area contributed by atoms with Gasteiger partial charge in [-0.2, -0.15) is 5.26 Å². The van der Waals surface area contributed by atoms with Gasteiger partial charge in [-0.3, -0.25) is 0 Å². The number of hydrogen-bond donors (Lipinski definition) is 0. The quantitative estimate of drug-likeness (QED) is 0.701. The third-order valence-electron chi connectivity index (χ3n) is 2.95. The number of hydrogen-bond acceptors (Lipinski definition) is 2. The summed E-state index contributed by atoms with van der Waals surface area (Å²) in [7, 11) is 1.60. The van der Waals surface area contributed by atoms with Crippen molar-refractivity contribution in [2.75, 3.05) is 7.11 Å². The van der Waals surface area contributed by atoms with Crippen LogP contribution >= 0.6 is 0 Å². The van der Waals surface area contributed by atoms with Gasteiger partial charge in [0.25, 0.3) is 0 Å². The van der Waals surface area contributed by atoms with E-state index in [1.54, 1.807) is 7.11 Å². The molecule has 1 aliphatic carbocycles. The summed E-state index contributed by atoms with van der Waals surface area (Å²) in [6.45, 7) is 3.81. The van der Waals surface area contributed by atoms with Gasteiger partial charge in [0.1, 0.15) is 5.76 Å². The molecule has 1 saturated carbocycles. The molecule has 0 unspecified atom stereocenters. The highest BCUT2D eigenvalue weighted by molar-refractivity contribution is 5.59. The first-order valence-electron chi connectivity index (χ1n) is 4.97. The fraction of sp³-hybridized carbons (Fsp3) is 0.308. The SMILES string of the molecule is C=C(OC)c1cccc(C2(C#N)CC2)c1. The number of nitriles is 1. The number of ether oxygens (including phenoxy) is 1. The van der Waals surface area contributed by atoms with E-state index in [1.165, 1.54) is 0 Å². The zero-order valence-electron chi connectivity index (χ0n) is 8.79. The van der Waals surface area contributed by atoms with E-state index < -0.39 is 0 Å². The molecule has 76 valence electrons. The smallest absolute Gasteiger partial charge is 0.118 e. The Morgan fingerprint density at radius 1 is 1.53 bits per heavy atom. The highest BCUT2D eigenvalue weighted by atomic mass is 16.5. The lowest BCUT2D eigenvalue weighted by Gasteiger charge is -2.09. The fourth-order valence-electron chi connectivity index (χ4n) is 1.70. The van der Waals surface area contributed by atoms with Crippen LogP contribution in [0.3, 0.4) is 0 Å². The maximum atomic E-state index is 9.09. The number of rotatable bonds is 3. The lowest BCUT2D eigenvalue weighted by atomic mass is 9.95. The van der Waals surface area contributed by atoms with Crippen LogP contribution in [0.15, 0.2) is 30.8 Å². The maximum absolute atomic E-state index is 9.09. The Labute approximate surface area is 89.8 Å². The van der Waals surface area contributed by atoms with Crippen molar-refractivity contribution in [2.24, 2.45) is 0 Å². The van der Waals surface area contributed by atoms with Crippen LogP contribution in [0, 0.1) is 11.3 Å². The van der Waals surface area contributed by atoms with Gasteiger partial charge in [-0.25, -0.2) is 0 Å². The van der Waals surface area contributed by atoms with Crippen LogP contribution in [-0.2, 0) is 10.2 Å². The van der Waals surface area contributed by atoms with E-state index in [0.29, 0.717) is 5.76 Å². The van der Waals surface area contributed by atoms with Crippen molar-refractivity contribution in [3.05, 3.63) is 42.0 Å². The third kappa shape index (κ3) is 1.61. The minimum Gasteiger partial charge on any atom is -0.497 e. The highest BCUT2D eigenvalue weighted by Crippen LogP contribution is 2.47. The van der Waals surface area contributed by atoms with Gasteiger partial charge in [-0.1, -0.05) is 24.8 Å². The molecular formula is C13H13NO. The summed E-state index contributed by atoms with van der Waals surface area (Å²) in [5.74, 6) is 0.644. The second kappa shape index (κ2) is 3.43. The highest BCUT2D eigenvalue weighted by Gasteiger charge is 2.44. The van der Waals surface area contributed by atoms with Crippen LogP contribution in [0.1, 0.15) is 24.0 Å². The predicted molar refractivity (Wildman–Crippen MR) is 59.0 cm³/mol. The van der Waals surface area contributed by atoms with Crippen molar-refractivity contribution < 1.29 is 4.74 Å². The first-order chi connectivity index (χ1) is 7.22. The van der Waals surface area contributed by atoms with Crippen LogP contribution in [0.25, 0.3) is 5.76 Å². The van der Waals surface area contributed by atoms with Crippen molar-refractivity contribution in [3.63, 3.8) is 0 Å². The molecule has 0 radical (unpaired) electrons. The number of nitrogens with zero attached hydrogens (tertiary/aromatic N) is 1. The molecule has 0 aromatic heterocycles.